The smallest absolute Gasteiger partial charge is 0.339 e. The Bertz CT molecular complexity index is 2630. The van der Waals surface area contributed by atoms with E-state index < -0.39 is 46.7 Å². The molecule has 0 bridgehead atoms. The van der Waals surface area contributed by atoms with Gasteiger partial charge in [-0.1, -0.05) is 12.1 Å². The van der Waals surface area contributed by atoms with Crippen molar-refractivity contribution in [2.45, 2.75) is 0 Å². The topological polar surface area (TPSA) is 267 Å². The van der Waals surface area contributed by atoms with Crippen LogP contribution >= 0.6 is 0 Å². The van der Waals surface area contributed by atoms with Crippen molar-refractivity contribution in [2.75, 3.05) is 42.0 Å². The molecule has 298 valence electrons. The van der Waals surface area contributed by atoms with Crippen LogP contribution in [0, 0.1) is 0 Å². The third-order valence-corrected chi connectivity index (χ3v) is 8.61. The van der Waals surface area contributed by atoms with Gasteiger partial charge in [0.25, 0.3) is 23.6 Å². The number of carboxylic acid groups (broad SMARTS) is 1. The molecule has 0 radical (unpaired) electrons. The van der Waals surface area contributed by atoms with Crippen molar-refractivity contribution < 1.29 is 53.6 Å². The molecular formula is C41H33N7O11. The van der Waals surface area contributed by atoms with Crippen LogP contribution in [0.1, 0.15) is 51.9 Å². The number of phenolic OH excluding ortho intramolecular Hbond substituents is 1. The van der Waals surface area contributed by atoms with Gasteiger partial charge in [-0.05, 0) is 78.9 Å². The lowest BCUT2D eigenvalue weighted by Crippen LogP contribution is -2.32. The number of ether oxygens (including phenoxy) is 2. The maximum Gasteiger partial charge on any atom is 0.339 e. The van der Waals surface area contributed by atoms with Gasteiger partial charge in [0.2, 0.25) is 5.91 Å². The molecule has 59 heavy (non-hydrogen) atoms. The molecule has 4 aromatic carbocycles. The number of nitrogens with one attached hydrogen (secondary N) is 5. The number of nitrogens with zero attached hydrogens (tertiary/aromatic N) is 2. The maximum absolute atomic E-state index is 13.1. The molecule has 18 heteroatoms. The molecule has 0 aliphatic rings. The fourth-order valence-corrected chi connectivity index (χ4v) is 5.67. The number of amides is 5. The number of anilines is 4. The number of aromatic hydroxyl groups is 2. The van der Waals surface area contributed by atoms with E-state index in [9.17, 15) is 44.1 Å². The van der Waals surface area contributed by atoms with Gasteiger partial charge in [0.1, 0.15) is 11.3 Å². The monoisotopic (exact) mass is 799 g/mol. The molecule has 0 aliphatic carbocycles. The molecule has 0 unspecified atom stereocenters. The second-order valence-corrected chi connectivity index (χ2v) is 12.4. The van der Waals surface area contributed by atoms with E-state index in [1.54, 1.807) is 36.5 Å². The van der Waals surface area contributed by atoms with E-state index in [0.29, 0.717) is 16.8 Å². The zero-order valence-corrected chi connectivity index (χ0v) is 31.0. The van der Waals surface area contributed by atoms with E-state index >= 15 is 0 Å². The van der Waals surface area contributed by atoms with Crippen LogP contribution in [0.15, 0.2) is 103 Å². The van der Waals surface area contributed by atoms with Gasteiger partial charge in [0.15, 0.2) is 23.0 Å². The number of pyridine rings is 2. The largest absolute Gasteiger partial charge is 0.504 e. The van der Waals surface area contributed by atoms with E-state index in [1.807, 2.05) is 12.1 Å². The third-order valence-electron chi connectivity index (χ3n) is 8.61. The molecule has 6 aromatic rings. The summed E-state index contributed by atoms with van der Waals surface area (Å²) in [6.07, 6.45) is 2.86. The summed E-state index contributed by atoms with van der Waals surface area (Å²) in [6.45, 7) is -0.389. The highest BCUT2D eigenvalue weighted by Crippen LogP contribution is 2.40. The zero-order valence-electron chi connectivity index (χ0n) is 31.0. The number of hydrogen-bond acceptors (Lipinski definition) is 12. The van der Waals surface area contributed by atoms with Crippen molar-refractivity contribution in [3.05, 3.63) is 131 Å². The van der Waals surface area contributed by atoms with Gasteiger partial charge in [0, 0.05) is 28.4 Å². The molecule has 6 rings (SSSR count). The Morgan fingerprint density at radius 1 is 0.610 bits per heavy atom. The minimum Gasteiger partial charge on any atom is -0.504 e. The summed E-state index contributed by atoms with van der Waals surface area (Å²) in [5.41, 5.74) is 1.06. The van der Waals surface area contributed by atoms with Crippen molar-refractivity contribution in [3.63, 3.8) is 0 Å². The Morgan fingerprint density at radius 2 is 1.24 bits per heavy atom. The van der Waals surface area contributed by atoms with E-state index in [1.165, 1.54) is 55.8 Å². The van der Waals surface area contributed by atoms with Crippen molar-refractivity contribution in [1.29, 1.82) is 0 Å². The Labute approximate surface area is 333 Å². The van der Waals surface area contributed by atoms with E-state index in [-0.39, 0.29) is 57.8 Å². The SMILES string of the molecule is COc1c(NC(=O)c2ccc(NC(=O)c3ccc(NC(=O)CNC(=O)c4ccc(NC(=O)c5ccc6cccnc6c5)cc4)cn3)c(OC)c2O)ccc(C(=O)O)c1O. The Kier molecular flexibility index (Phi) is 11.9. The number of aromatic nitrogens is 2. The minimum atomic E-state index is -1.42. The Hall–Kier alpha value is -8.54. The molecule has 2 heterocycles. The Morgan fingerprint density at radius 3 is 1.88 bits per heavy atom. The van der Waals surface area contributed by atoms with Gasteiger partial charge in [-0.25, -0.2) is 9.78 Å². The second-order valence-electron chi connectivity index (χ2n) is 12.4. The predicted octanol–water partition coefficient (Wildman–Crippen LogP) is 4.88. The standard InChI is InChI=1S/C41H33N7O11/c1-58-35-29(15-12-26(33(35)50)39(54)47-28-16-13-27(41(56)57)34(51)36(28)59-2)48-40(55)30-14-11-25(19-43-30)45-32(49)20-44-37(52)22-7-9-24(10-8-22)46-38(53)23-6-5-21-4-3-17-42-31(21)18-23/h3-19,50-51H,20H2,1-2H3,(H,44,52)(H,45,49)(H,46,53)(H,47,54)(H,48,55)(H,56,57). The summed E-state index contributed by atoms with van der Waals surface area (Å²) < 4.78 is 10.3. The molecule has 0 saturated heterocycles. The molecule has 18 nitrogen and oxygen atoms in total. The molecule has 5 amide bonds. The second kappa shape index (κ2) is 17.5. The lowest BCUT2D eigenvalue weighted by molar-refractivity contribution is -0.115. The molecule has 0 saturated carbocycles. The van der Waals surface area contributed by atoms with Crippen LogP contribution in [0.5, 0.6) is 23.0 Å². The molecule has 0 fully saturated rings. The number of rotatable bonds is 13. The summed E-state index contributed by atoms with van der Waals surface area (Å²) in [5.74, 6) is -6.46. The molecule has 8 N–H and O–H groups in total. The number of fused-ring (bicyclic) bond motifs is 1. The molecule has 0 aliphatic heterocycles. The van der Waals surface area contributed by atoms with Gasteiger partial charge in [-0.2, -0.15) is 0 Å². The van der Waals surface area contributed by atoms with Crippen molar-refractivity contribution >= 4 is 69.2 Å². The van der Waals surface area contributed by atoms with Gasteiger partial charge >= 0.3 is 5.97 Å². The first-order valence-corrected chi connectivity index (χ1v) is 17.3. The van der Waals surface area contributed by atoms with Crippen LogP contribution in [-0.4, -0.2) is 81.6 Å². The number of aromatic carboxylic acids is 1. The minimum absolute atomic E-state index is 0.0271. The van der Waals surface area contributed by atoms with Gasteiger partial charge in [-0.3, -0.25) is 29.0 Å². The van der Waals surface area contributed by atoms with Crippen LogP contribution in [0.3, 0.4) is 0 Å². The number of carboxylic acids is 1. The van der Waals surface area contributed by atoms with Crippen LogP contribution in [-0.2, 0) is 4.79 Å². The Balaban J connectivity index is 1.00. The highest BCUT2D eigenvalue weighted by molar-refractivity contribution is 6.10. The summed E-state index contributed by atoms with van der Waals surface area (Å²) >= 11 is 0. The van der Waals surface area contributed by atoms with Gasteiger partial charge in [0.05, 0.1) is 55.1 Å². The normalized spacial score (nSPS) is 10.5. The molecule has 0 atom stereocenters. The van der Waals surface area contributed by atoms with E-state index in [4.69, 9.17) is 9.47 Å². The first kappa shape index (κ1) is 40.1. The summed E-state index contributed by atoms with van der Waals surface area (Å²) in [4.78, 5) is 83.8. The highest BCUT2D eigenvalue weighted by Gasteiger charge is 2.24. The molecule has 2 aromatic heterocycles. The zero-order chi connectivity index (χ0) is 42.2. The third kappa shape index (κ3) is 9.13. The van der Waals surface area contributed by atoms with Crippen molar-refractivity contribution in [1.82, 2.24) is 15.3 Å². The van der Waals surface area contributed by atoms with Crippen LogP contribution < -0.4 is 36.1 Å². The number of carbonyl (C=O) groups excluding carboxylic acids is 5. The van der Waals surface area contributed by atoms with Gasteiger partial charge < -0.3 is 51.4 Å². The summed E-state index contributed by atoms with van der Waals surface area (Å²) in [6, 6.07) is 22.4. The average molecular weight is 800 g/mol. The van der Waals surface area contributed by atoms with E-state index in [2.05, 4.69) is 36.6 Å². The van der Waals surface area contributed by atoms with Crippen LogP contribution in [0.25, 0.3) is 10.9 Å². The number of methoxy groups -OCH3 is 2. The predicted molar refractivity (Wildman–Crippen MR) is 214 cm³/mol. The average Bonchev–Trinajstić information content (AvgIpc) is 3.23. The first-order valence-electron chi connectivity index (χ1n) is 17.3. The van der Waals surface area contributed by atoms with Gasteiger partial charge in [-0.15, -0.1) is 0 Å². The van der Waals surface area contributed by atoms with Crippen LogP contribution in [0.2, 0.25) is 0 Å². The fourth-order valence-electron chi connectivity index (χ4n) is 5.67. The van der Waals surface area contributed by atoms with Crippen molar-refractivity contribution in [3.8, 4) is 23.0 Å². The maximum atomic E-state index is 13.1. The number of phenols is 2. The highest BCUT2D eigenvalue weighted by atomic mass is 16.5. The number of carbonyl (C=O) groups is 6. The number of benzene rings is 4. The molecular weight excluding hydrogens is 766 g/mol. The fraction of sp³-hybridized carbons (Fsp3) is 0.0732. The summed E-state index contributed by atoms with van der Waals surface area (Å²) in [5, 5.41) is 44.1. The first-order chi connectivity index (χ1) is 28.4. The quantitative estimate of drug-likeness (QED) is 0.0775. The van der Waals surface area contributed by atoms with Crippen molar-refractivity contribution in [2.24, 2.45) is 0 Å². The van der Waals surface area contributed by atoms with Crippen LogP contribution in [0.4, 0.5) is 22.7 Å². The lowest BCUT2D eigenvalue weighted by atomic mass is 10.1. The number of hydrogen-bond donors (Lipinski definition) is 8. The summed E-state index contributed by atoms with van der Waals surface area (Å²) in [7, 11) is 2.36. The molecule has 0 spiro atoms. The van der Waals surface area contributed by atoms with E-state index in [0.717, 1.165) is 18.6 Å². The lowest BCUT2D eigenvalue weighted by Gasteiger charge is -2.16.